The van der Waals surface area contributed by atoms with Gasteiger partial charge in [-0.3, -0.25) is 14.4 Å². The number of nitrogens with zero attached hydrogens (tertiary/aromatic N) is 4. The Labute approximate surface area is 176 Å². The molecule has 3 amide bonds. The molecule has 0 spiro atoms. The van der Waals surface area contributed by atoms with E-state index < -0.39 is 0 Å². The van der Waals surface area contributed by atoms with Gasteiger partial charge in [0, 0.05) is 45.7 Å². The van der Waals surface area contributed by atoms with Gasteiger partial charge in [0.15, 0.2) is 0 Å². The van der Waals surface area contributed by atoms with Gasteiger partial charge in [0.2, 0.25) is 11.8 Å². The van der Waals surface area contributed by atoms with Crippen LogP contribution in [-0.4, -0.2) is 90.1 Å². The van der Waals surface area contributed by atoms with E-state index in [1.165, 1.54) is 0 Å². The van der Waals surface area contributed by atoms with Gasteiger partial charge in [0.1, 0.15) is 11.3 Å². The second-order valence-electron chi connectivity index (χ2n) is 8.57. The maximum atomic E-state index is 12.8. The molecule has 3 aliphatic rings. The van der Waals surface area contributed by atoms with Gasteiger partial charge >= 0.3 is 0 Å². The molecule has 9 nitrogen and oxygen atoms in total. The molecule has 164 valence electrons. The molecule has 1 atom stereocenters. The molecule has 0 bridgehead atoms. The summed E-state index contributed by atoms with van der Waals surface area (Å²) in [5, 5.41) is 3.87. The molecular formula is C21H30N4O5. The van der Waals surface area contributed by atoms with E-state index in [0.717, 1.165) is 12.8 Å². The van der Waals surface area contributed by atoms with Crippen LogP contribution in [0.3, 0.4) is 0 Å². The van der Waals surface area contributed by atoms with E-state index in [9.17, 15) is 14.4 Å². The van der Waals surface area contributed by atoms with Crippen LogP contribution >= 0.6 is 0 Å². The summed E-state index contributed by atoms with van der Waals surface area (Å²) >= 11 is 0. The summed E-state index contributed by atoms with van der Waals surface area (Å²) in [5.74, 6) is 0.776. The molecule has 0 N–H and O–H groups in total. The molecule has 4 rings (SSSR count). The van der Waals surface area contributed by atoms with Crippen molar-refractivity contribution in [2.45, 2.75) is 33.1 Å². The molecule has 1 aromatic heterocycles. The average Bonchev–Trinajstić information content (AvgIpc) is 3.29. The maximum Gasteiger partial charge on any atom is 0.259 e. The minimum Gasteiger partial charge on any atom is -0.378 e. The topological polar surface area (TPSA) is 96.2 Å². The minimum absolute atomic E-state index is 0.0295. The largest absolute Gasteiger partial charge is 0.378 e. The molecule has 30 heavy (non-hydrogen) atoms. The molecule has 9 heteroatoms. The van der Waals surface area contributed by atoms with Gasteiger partial charge < -0.3 is 24.0 Å². The van der Waals surface area contributed by atoms with Crippen molar-refractivity contribution in [3.8, 4) is 0 Å². The lowest BCUT2D eigenvalue weighted by Crippen LogP contribution is -2.45. The fourth-order valence-corrected chi connectivity index (χ4v) is 4.73. The first kappa shape index (κ1) is 20.8. The zero-order valence-electron chi connectivity index (χ0n) is 17.8. The number of likely N-dealkylation sites (tertiary alicyclic amines) is 2. The van der Waals surface area contributed by atoms with Gasteiger partial charge in [-0.05, 0) is 32.6 Å². The zero-order valence-corrected chi connectivity index (χ0v) is 17.8. The number of morpholine rings is 1. The van der Waals surface area contributed by atoms with E-state index in [-0.39, 0.29) is 23.6 Å². The number of rotatable bonds is 4. The van der Waals surface area contributed by atoms with Crippen LogP contribution in [0, 0.1) is 25.7 Å². The number of carbonyl (C=O) groups is 3. The Morgan fingerprint density at radius 3 is 2.40 bits per heavy atom. The summed E-state index contributed by atoms with van der Waals surface area (Å²) in [6, 6.07) is 0. The number of piperidine rings is 1. The van der Waals surface area contributed by atoms with Gasteiger partial charge in [0.05, 0.1) is 24.8 Å². The standard InChI is InChI=1S/C21H30N4O5/c1-14-19(15(2)30-22-14)21(28)23-5-3-16(4-6-23)12-25-13-17(11-18(25)26)20(27)24-7-9-29-10-8-24/h16-17H,3-13H2,1-2H3. The Bertz CT molecular complexity index is 789. The van der Waals surface area contributed by atoms with Crippen LogP contribution in [0.25, 0.3) is 0 Å². The average molecular weight is 418 g/mol. The number of ether oxygens (including phenoxy) is 1. The molecular weight excluding hydrogens is 388 g/mol. The van der Waals surface area contributed by atoms with Crippen LogP contribution < -0.4 is 0 Å². The Kier molecular flexibility index (Phi) is 6.08. The van der Waals surface area contributed by atoms with Crippen molar-refractivity contribution < 1.29 is 23.6 Å². The van der Waals surface area contributed by atoms with Crippen LogP contribution in [0.5, 0.6) is 0 Å². The summed E-state index contributed by atoms with van der Waals surface area (Å²) in [6.07, 6.45) is 2.00. The van der Waals surface area contributed by atoms with Crippen molar-refractivity contribution in [1.82, 2.24) is 19.9 Å². The SMILES string of the molecule is Cc1noc(C)c1C(=O)N1CCC(CN2CC(C(=O)N3CCOCC3)CC2=O)CC1. The Morgan fingerprint density at radius 1 is 1.07 bits per heavy atom. The van der Waals surface area contributed by atoms with Gasteiger partial charge in [0.25, 0.3) is 5.91 Å². The van der Waals surface area contributed by atoms with Crippen molar-refractivity contribution in [3.63, 3.8) is 0 Å². The summed E-state index contributed by atoms with van der Waals surface area (Å²) < 4.78 is 10.4. The third kappa shape index (κ3) is 4.21. The van der Waals surface area contributed by atoms with Crippen LogP contribution in [0.1, 0.15) is 41.1 Å². The smallest absolute Gasteiger partial charge is 0.259 e. The molecule has 1 unspecified atom stereocenters. The van der Waals surface area contributed by atoms with Gasteiger partial charge in [-0.2, -0.15) is 0 Å². The highest BCUT2D eigenvalue weighted by Gasteiger charge is 2.38. The van der Waals surface area contributed by atoms with Crippen molar-refractivity contribution in [2.24, 2.45) is 11.8 Å². The normalized spacial score (nSPS) is 23.3. The van der Waals surface area contributed by atoms with Crippen LogP contribution in [0.4, 0.5) is 0 Å². The zero-order chi connectivity index (χ0) is 21.3. The fraction of sp³-hybridized carbons (Fsp3) is 0.714. The highest BCUT2D eigenvalue weighted by molar-refractivity contribution is 5.96. The lowest BCUT2D eigenvalue weighted by Gasteiger charge is -2.34. The first-order chi connectivity index (χ1) is 14.4. The number of carbonyl (C=O) groups excluding carboxylic acids is 3. The third-order valence-corrected chi connectivity index (χ3v) is 6.51. The molecule has 1 aromatic rings. The molecule has 4 heterocycles. The Morgan fingerprint density at radius 2 is 1.77 bits per heavy atom. The van der Waals surface area contributed by atoms with Gasteiger partial charge in [-0.15, -0.1) is 0 Å². The molecule has 0 saturated carbocycles. The lowest BCUT2D eigenvalue weighted by molar-refractivity contribution is -0.139. The molecule has 0 radical (unpaired) electrons. The molecule has 3 saturated heterocycles. The quantitative estimate of drug-likeness (QED) is 0.719. The van der Waals surface area contributed by atoms with Gasteiger partial charge in [-0.25, -0.2) is 0 Å². The molecule has 3 fully saturated rings. The van der Waals surface area contributed by atoms with E-state index in [1.807, 2.05) is 14.7 Å². The first-order valence-corrected chi connectivity index (χ1v) is 10.8. The monoisotopic (exact) mass is 418 g/mol. The summed E-state index contributed by atoms with van der Waals surface area (Å²) in [5.41, 5.74) is 1.19. The van der Waals surface area contributed by atoms with E-state index in [4.69, 9.17) is 9.26 Å². The molecule has 3 aliphatic heterocycles. The highest BCUT2D eigenvalue weighted by Crippen LogP contribution is 2.26. The third-order valence-electron chi connectivity index (χ3n) is 6.51. The van der Waals surface area contributed by atoms with Crippen molar-refractivity contribution in [1.29, 1.82) is 0 Å². The van der Waals surface area contributed by atoms with E-state index in [1.54, 1.807) is 13.8 Å². The Hall–Kier alpha value is -2.42. The van der Waals surface area contributed by atoms with Crippen molar-refractivity contribution in [2.75, 3.05) is 52.5 Å². The molecule has 0 aromatic carbocycles. The van der Waals surface area contributed by atoms with E-state index in [0.29, 0.717) is 81.8 Å². The molecule has 0 aliphatic carbocycles. The first-order valence-electron chi connectivity index (χ1n) is 10.8. The number of aromatic nitrogens is 1. The van der Waals surface area contributed by atoms with E-state index >= 15 is 0 Å². The van der Waals surface area contributed by atoms with Crippen LogP contribution in [-0.2, 0) is 14.3 Å². The minimum atomic E-state index is -0.239. The van der Waals surface area contributed by atoms with Crippen molar-refractivity contribution in [3.05, 3.63) is 17.0 Å². The van der Waals surface area contributed by atoms with Gasteiger partial charge in [-0.1, -0.05) is 5.16 Å². The van der Waals surface area contributed by atoms with E-state index in [2.05, 4.69) is 5.16 Å². The second-order valence-corrected chi connectivity index (χ2v) is 8.57. The number of hydrogen-bond acceptors (Lipinski definition) is 6. The lowest BCUT2D eigenvalue weighted by atomic mass is 9.95. The predicted octanol–water partition coefficient (Wildman–Crippen LogP) is 0.851. The van der Waals surface area contributed by atoms with Crippen LogP contribution in [0.15, 0.2) is 4.52 Å². The van der Waals surface area contributed by atoms with Crippen molar-refractivity contribution >= 4 is 17.7 Å². The maximum absolute atomic E-state index is 12.8. The predicted molar refractivity (Wildman–Crippen MR) is 107 cm³/mol. The highest BCUT2D eigenvalue weighted by atomic mass is 16.5. The summed E-state index contributed by atoms with van der Waals surface area (Å²) in [4.78, 5) is 43.5. The number of amides is 3. The summed E-state index contributed by atoms with van der Waals surface area (Å²) in [7, 11) is 0. The number of aryl methyl sites for hydroxylation is 2. The summed E-state index contributed by atoms with van der Waals surface area (Å²) in [6.45, 7) is 8.40. The fourth-order valence-electron chi connectivity index (χ4n) is 4.73. The Balaban J connectivity index is 1.27. The van der Waals surface area contributed by atoms with Crippen LogP contribution in [0.2, 0.25) is 0 Å². The second kappa shape index (κ2) is 8.75. The number of hydrogen-bond donors (Lipinski definition) is 0.